The number of benzene rings is 1. The molecule has 2 bridgehead atoms. The number of carbonyl (C=O) groups is 4. The number of allylic oxidation sites excluding steroid dienone is 2. The van der Waals surface area contributed by atoms with Crippen LogP contribution in [0.3, 0.4) is 0 Å². The molecule has 0 radical (unpaired) electrons. The molecule has 1 heterocycles. The van der Waals surface area contributed by atoms with Crippen molar-refractivity contribution in [2.24, 2.45) is 23.7 Å². The molecule has 1 aliphatic heterocycles. The highest BCUT2D eigenvalue weighted by molar-refractivity contribution is 6.09. The molecule has 3 amide bonds. The van der Waals surface area contributed by atoms with E-state index in [0.717, 1.165) is 22.4 Å². The summed E-state index contributed by atoms with van der Waals surface area (Å²) in [5.74, 6) is -2.40. The van der Waals surface area contributed by atoms with Crippen molar-refractivity contribution in [3.05, 3.63) is 41.5 Å². The van der Waals surface area contributed by atoms with Gasteiger partial charge >= 0.3 is 5.97 Å². The third kappa shape index (κ3) is 3.14. The number of para-hydroxylation sites is 1. The van der Waals surface area contributed by atoms with Crippen molar-refractivity contribution in [2.75, 3.05) is 11.9 Å². The Bertz CT molecular complexity index is 887. The van der Waals surface area contributed by atoms with Crippen molar-refractivity contribution in [1.82, 2.24) is 4.90 Å². The fraction of sp³-hybridized carbons (Fsp3) is 0.455. The third-order valence-corrected chi connectivity index (χ3v) is 6.32. The van der Waals surface area contributed by atoms with Gasteiger partial charge in [0.2, 0.25) is 11.8 Å². The Labute approximate surface area is 169 Å². The summed E-state index contributed by atoms with van der Waals surface area (Å²) in [7, 11) is 0. The van der Waals surface area contributed by atoms with E-state index in [0.29, 0.717) is 5.69 Å². The van der Waals surface area contributed by atoms with Gasteiger partial charge in [-0.2, -0.15) is 0 Å². The van der Waals surface area contributed by atoms with E-state index in [4.69, 9.17) is 4.74 Å². The van der Waals surface area contributed by atoms with Gasteiger partial charge in [-0.3, -0.25) is 19.3 Å². The smallest absolute Gasteiger partial charge is 0.329 e. The molecule has 0 aromatic heterocycles. The van der Waals surface area contributed by atoms with Gasteiger partial charge in [0.15, 0.2) is 6.61 Å². The minimum absolute atomic E-state index is 0.0813. The Morgan fingerprint density at radius 1 is 1.10 bits per heavy atom. The first-order chi connectivity index (χ1) is 13.8. The normalized spacial score (nSPS) is 27.9. The number of nitrogens with zero attached hydrogens (tertiary/aromatic N) is 1. The van der Waals surface area contributed by atoms with E-state index in [-0.39, 0.29) is 35.5 Å². The van der Waals surface area contributed by atoms with Gasteiger partial charge in [0.05, 0.1) is 11.8 Å². The fourth-order valence-corrected chi connectivity index (χ4v) is 4.86. The van der Waals surface area contributed by atoms with Gasteiger partial charge in [-0.1, -0.05) is 30.4 Å². The van der Waals surface area contributed by atoms with Gasteiger partial charge in [-0.05, 0) is 50.2 Å². The molecular weight excluding hydrogens is 372 g/mol. The molecule has 7 nitrogen and oxygen atoms in total. The molecule has 1 aromatic rings. The second kappa shape index (κ2) is 7.13. The van der Waals surface area contributed by atoms with E-state index < -0.39 is 24.5 Å². The van der Waals surface area contributed by atoms with Crippen molar-refractivity contribution >= 4 is 29.4 Å². The molecule has 1 saturated carbocycles. The van der Waals surface area contributed by atoms with Crippen LogP contribution >= 0.6 is 0 Å². The summed E-state index contributed by atoms with van der Waals surface area (Å²) in [6.07, 6.45) is 4.83. The number of esters is 1. The zero-order valence-corrected chi connectivity index (χ0v) is 16.7. The number of hydrogen-bond donors (Lipinski definition) is 1. The molecule has 1 N–H and O–H groups in total. The molecular formula is C22H24N2O5. The number of aryl methyl sites for hydroxylation is 2. The second-order valence-corrected chi connectivity index (χ2v) is 8.15. The largest absolute Gasteiger partial charge is 0.454 e. The molecule has 5 atom stereocenters. The summed E-state index contributed by atoms with van der Waals surface area (Å²) in [6.45, 7) is 4.74. The maximum absolute atomic E-state index is 12.8. The minimum Gasteiger partial charge on any atom is -0.454 e. The lowest BCUT2D eigenvalue weighted by atomic mass is 9.85. The number of anilines is 1. The van der Waals surface area contributed by atoms with Crippen LogP contribution in [0.5, 0.6) is 0 Å². The highest BCUT2D eigenvalue weighted by Crippen LogP contribution is 2.52. The van der Waals surface area contributed by atoms with Crippen LogP contribution < -0.4 is 5.32 Å². The number of carbonyl (C=O) groups excluding carboxylic acids is 4. The van der Waals surface area contributed by atoms with Gasteiger partial charge in [0, 0.05) is 5.69 Å². The summed E-state index contributed by atoms with van der Waals surface area (Å²) in [6, 6.07) is 4.59. The van der Waals surface area contributed by atoms with Crippen LogP contribution in [0, 0.1) is 37.5 Å². The van der Waals surface area contributed by atoms with Crippen molar-refractivity contribution in [2.45, 2.75) is 33.2 Å². The van der Waals surface area contributed by atoms with Crippen molar-refractivity contribution in [1.29, 1.82) is 0 Å². The molecule has 2 fully saturated rings. The Balaban J connectivity index is 1.36. The van der Waals surface area contributed by atoms with Gasteiger partial charge in [0.25, 0.3) is 5.91 Å². The van der Waals surface area contributed by atoms with Crippen molar-refractivity contribution < 1.29 is 23.9 Å². The zero-order chi connectivity index (χ0) is 20.9. The molecule has 1 saturated heterocycles. The van der Waals surface area contributed by atoms with E-state index in [2.05, 4.69) is 5.32 Å². The van der Waals surface area contributed by atoms with Gasteiger partial charge in [0.1, 0.15) is 6.04 Å². The average molecular weight is 396 g/mol. The Morgan fingerprint density at radius 3 is 2.21 bits per heavy atom. The number of rotatable bonds is 5. The quantitative estimate of drug-likeness (QED) is 0.467. The number of hydrogen-bond acceptors (Lipinski definition) is 5. The lowest BCUT2D eigenvalue weighted by molar-refractivity contribution is -0.159. The molecule has 0 spiro atoms. The molecule has 2 aliphatic carbocycles. The Kier molecular flexibility index (Phi) is 4.76. The Hall–Kier alpha value is -2.96. The predicted octanol–water partition coefficient (Wildman–Crippen LogP) is 1.98. The standard InChI is InChI=1S/C22H24N2O5/c1-11-5-4-6-12(2)19(11)23-16(25)10-29-22(28)13(3)24-20(26)17-14-7-8-15(9-14)18(17)21(24)27/h4-8,13-15,17-18H,9-10H2,1-3H3,(H,23,25)/t13-,14-,15-,17-,18+/m0/s1. The first-order valence-corrected chi connectivity index (χ1v) is 9.87. The van der Waals surface area contributed by atoms with Crippen LogP contribution in [-0.2, 0) is 23.9 Å². The van der Waals surface area contributed by atoms with E-state index in [9.17, 15) is 19.2 Å². The number of nitrogens with one attached hydrogen (secondary N) is 1. The summed E-state index contributed by atoms with van der Waals surface area (Å²) >= 11 is 0. The van der Waals surface area contributed by atoms with Crippen molar-refractivity contribution in [3.8, 4) is 0 Å². The molecule has 4 rings (SSSR count). The highest BCUT2D eigenvalue weighted by Gasteiger charge is 2.60. The monoisotopic (exact) mass is 396 g/mol. The number of fused-ring (bicyclic) bond motifs is 5. The topological polar surface area (TPSA) is 92.8 Å². The summed E-state index contributed by atoms with van der Waals surface area (Å²) < 4.78 is 5.11. The van der Waals surface area contributed by atoms with Crippen LogP contribution in [0.25, 0.3) is 0 Å². The summed E-state index contributed by atoms with van der Waals surface area (Å²) in [5, 5.41) is 2.74. The van der Waals surface area contributed by atoms with Crippen molar-refractivity contribution in [3.63, 3.8) is 0 Å². The van der Waals surface area contributed by atoms with Gasteiger partial charge in [-0.25, -0.2) is 4.79 Å². The molecule has 1 aromatic carbocycles. The third-order valence-electron chi connectivity index (χ3n) is 6.32. The summed E-state index contributed by atoms with van der Waals surface area (Å²) in [5.41, 5.74) is 2.49. The van der Waals surface area contributed by atoms with E-state index in [1.54, 1.807) is 0 Å². The van der Waals surface area contributed by atoms with E-state index in [1.807, 2.05) is 44.2 Å². The van der Waals surface area contributed by atoms with E-state index >= 15 is 0 Å². The number of imide groups is 1. The molecule has 152 valence electrons. The van der Waals surface area contributed by atoms with Crippen LogP contribution in [0.1, 0.15) is 24.5 Å². The predicted molar refractivity (Wildman–Crippen MR) is 105 cm³/mol. The lowest BCUT2D eigenvalue weighted by Crippen LogP contribution is -2.45. The summed E-state index contributed by atoms with van der Waals surface area (Å²) in [4.78, 5) is 51.2. The number of ether oxygens (including phenoxy) is 1. The molecule has 3 aliphatic rings. The molecule has 29 heavy (non-hydrogen) atoms. The second-order valence-electron chi connectivity index (χ2n) is 8.15. The average Bonchev–Trinajstić information content (AvgIpc) is 3.36. The van der Waals surface area contributed by atoms with Gasteiger partial charge < -0.3 is 10.1 Å². The van der Waals surface area contributed by atoms with E-state index in [1.165, 1.54) is 6.92 Å². The molecule has 0 unspecified atom stereocenters. The maximum atomic E-state index is 12.8. The highest BCUT2D eigenvalue weighted by atomic mass is 16.5. The van der Waals surface area contributed by atoms with Crippen LogP contribution in [0.15, 0.2) is 30.4 Å². The Morgan fingerprint density at radius 2 is 1.66 bits per heavy atom. The fourth-order valence-electron chi connectivity index (χ4n) is 4.86. The first kappa shape index (κ1) is 19.4. The SMILES string of the molecule is Cc1cccc(C)c1NC(=O)COC(=O)[C@H](C)N1C(=O)[C@@H]2[C@H](C1=O)[C@H]1C=C[C@H]2C1. The number of likely N-dealkylation sites (tertiary alicyclic amines) is 1. The number of amides is 3. The van der Waals surface area contributed by atoms with Crippen LogP contribution in [0.2, 0.25) is 0 Å². The minimum atomic E-state index is -1.05. The molecule has 7 heteroatoms. The maximum Gasteiger partial charge on any atom is 0.329 e. The first-order valence-electron chi connectivity index (χ1n) is 9.87. The van der Waals surface area contributed by atoms with Gasteiger partial charge in [-0.15, -0.1) is 0 Å². The zero-order valence-electron chi connectivity index (χ0n) is 16.7. The van der Waals surface area contributed by atoms with Crippen LogP contribution in [-0.4, -0.2) is 41.2 Å². The lowest BCUT2D eigenvalue weighted by Gasteiger charge is -2.23. The van der Waals surface area contributed by atoms with Crippen LogP contribution in [0.4, 0.5) is 5.69 Å².